The van der Waals surface area contributed by atoms with Crippen molar-refractivity contribution in [2.75, 3.05) is 19.6 Å². The predicted octanol–water partition coefficient (Wildman–Crippen LogP) is 3.09. The molecule has 1 aromatic heterocycles. The maximum atomic E-state index is 14.7. The monoisotopic (exact) mass is 294 g/mol. The van der Waals surface area contributed by atoms with Crippen molar-refractivity contribution in [1.82, 2.24) is 9.88 Å². The van der Waals surface area contributed by atoms with Gasteiger partial charge in [0.25, 0.3) is 0 Å². The highest BCUT2D eigenvalue weighted by Crippen LogP contribution is 2.25. The molecular weight excluding hydrogens is 275 g/mol. The molecule has 1 aliphatic heterocycles. The van der Waals surface area contributed by atoms with E-state index in [1.54, 1.807) is 12.3 Å². The first-order chi connectivity index (χ1) is 10.7. The number of hydrogen-bond donors (Lipinski definition) is 0. The van der Waals surface area contributed by atoms with Crippen molar-refractivity contribution < 1.29 is 4.39 Å². The van der Waals surface area contributed by atoms with E-state index in [2.05, 4.69) is 33.9 Å². The summed E-state index contributed by atoms with van der Waals surface area (Å²) < 4.78 is 14.7. The van der Waals surface area contributed by atoms with Gasteiger partial charge in [-0.05, 0) is 30.0 Å². The van der Waals surface area contributed by atoms with Crippen molar-refractivity contribution in [3.8, 4) is 11.8 Å². The van der Waals surface area contributed by atoms with Gasteiger partial charge in [0, 0.05) is 32.3 Å². The molecule has 1 aliphatic rings. The molecule has 0 bridgehead atoms. The molecule has 1 unspecified atom stereocenters. The fraction of sp³-hybridized carbons (Fsp3) is 0.316. The zero-order valence-electron chi connectivity index (χ0n) is 12.5. The molecular formula is C19H19FN2. The van der Waals surface area contributed by atoms with Crippen LogP contribution in [0.2, 0.25) is 0 Å². The maximum absolute atomic E-state index is 14.7. The number of likely N-dealkylation sites (tertiary alicyclic amines) is 1. The summed E-state index contributed by atoms with van der Waals surface area (Å²) in [6.07, 6.45) is 3.10. The lowest BCUT2D eigenvalue weighted by atomic mass is 10.1. The van der Waals surface area contributed by atoms with E-state index in [1.807, 2.05) is 30.3 Å². The van der Waals surface area contributed by atoms with Gasteiger partial charge >= 0.3 is 0 Å². The number of alkyl halides is 1. The Bertz CT molecular complexity index is 660. The molecule has 0 N–H and O–H groups in total. The minimum atomic E-state index is -1.41. The zero-order chi connectivity index (χ0) is 15.3. The Morgan fingerprint density at radius 1 is 1.14 bits per heavy atom. The van der Waals surface area contributed by atoms with Crippen LogP contribution >= 0.6 is 0 Å². The summed E-state index contributed by atoms with van der Waals surface area (Å²) in [7, 11) is 0. The van der Waals surface area contributed by atoms with Crippen LogP contribution in [-0.2, 0) is 6.42 Å². The third-order valence-corrected chi connectivity index (χ3v) is 3.94. The van der Waals surface area contributed by atoms with Crippen LogP contribution in [0.4, 0.5) is 4.39 Å². The van der Waals surface area contributed by atoms with Crippen LogP contribution in [0.1, 0.15) is 17.7 Å². The highest BCUT2D eigenvalue weighted by molar-refractivity contribution is 5.31. The molecule has 1 fully saturated rings. The normalized spacial score (nSPS) is 21.3. The highest BCUT2D eigenvalue weighted by Gasteiger charge is 2.36. The average Bonchev–Trinajstić information content (AvgIpc) is 2.95. The van der Waals surface area contributed by atoms with E-state index in [1.165, 1.54) is 5.56 Å². The van der Waals surface area contributed by atoms with Gasteiger partial charge in [0.1, 0.15) is 5.69 Å². The summed E-state index contributed by atoms with van der Waals surface area (Å²) in [6, 6.07) is 15.8. The molecule has 3 heteroatoms. The standard InChI is InChI=1S/C19H19FN2/c20-19(11-9-18-8-4-5-13-21-18)12-15-22(16-19)14-10-17-6-2-1-3-7-17/h1-8,13H,10,12,14-16H2. The van der Waals surface area contributed by atoms with Crippen molar-refractivity contribution in [3.05, 3.63) is 66.0 Å². The Kier molecular flexibility index (Phi) is 4.50. The summed E-state index contributed by atoms with van der Waals surface area (Å²) in [5.74, 6) is 5.64. The Labute approximate surface area is 131 Å². The minimum Gasteiger partial charge on any atom is -0.299 e. The van der Waals surface area contributed by atoms with E-state index in [4.69, 9.17) is 0 Å². The van der Waals surface area contributed by atoms with Gasteiger partial charge in [-0.3, -0.25) is 4.90 Å². The summed E-state index contributed by atoms with van der Waals surface area (Å²) in [4.78, 5) is 6.26. The molecule has 2 aromatic rings. The Morgan fingerprint density at radius 2 is 1.95 bits per heavy atom. The van der Waals surface area contributed by atoms with Crippen molar-refractivity contribution in [3.63, 3.8) is 0 Å². The fourth-order valence-electron chi connectivity index (χ4n) is 2.69. The minimum absolute atomic E-state index is 0.389. The van der Waals surface area contributed by atoms with Gasteiger partial charge in [0.05, 0.1) is 0 Å². The first-order valence-electron chi connectivity index (χ1n) is 7.63. The number of benzene rings is 1. The van der Waals surface area contributed by atoms with Crippen LogP contribution in [-0.4, -0.2) is 35.2 Å². The van der Waals surface area contributed by atoms with Gasteiger partial charge in [-0.25, -0.2) is 9.37 Å². The predicted molar refractivity (Wildman–Crippen MR) is 86.2 cm³/mol. The smallest absolute Gasteiger partial charge is 0.185 e. The number of aromatic nitrogens is 1. The Morgan fingerprint density at radius 3 is 2.73 bits per heavy atom. The summed E-state index contributed by atoms with van der Waals surface area (Å²) in [5.41, 5.74) is 0.509. The molecule has 1 aromatic carbocycles. The number of nitrogens with zero attached hydrogens (tertiary/aromatic N) is 2. The van der Waals surface area contributed by atoms with E-state index >= 15 is 0 Å². The molecule has 22 heavy (non-hydrogen) atoms. The van der Waals surface area contributed by atoms with E-state index in [9.17, 15) is 4.39 Å². The molecule has 3 rings (SSSR count). The lowest BCUT2D eigenvalue weighted by Crippen LogP contribution is -2.29. The first-order valence-corrected chi connectivity index (χ1v) is 7.63. The van der Waals surface area contributed by atoms with Crippen LogP contribution in [0.3, 0.4) is 0 Å². The van der Waals surface area contributed by atoms with Gasteiger partial charge in [-0.15, -0.1) is 0 Å². The topological polar surface area (TPSA) is 16.1 Å². The number of rotatable bonds is 3. The lowest BCUT2D eigenvalue weighted by Gasteiger charge is -2.16. The molecule has 0 saturated carbocycles. The molecule has 112 valence electrons. The second kappa shape index (κ2) is 6.72. The van der Waals surface area contributed by atoms with E-state index < -0.39 is 5.67 Å². The van der Waals surface area contributed by atoms with E-state index in [-0.39, 0.29) is 0 Å². The molecule has 2 nitrogen and oxygen atoms in total. The van der Waals surface area contributed by atoms with Crippen LogP contribution < -0.4 is 0 Å². The van der Waals surface area contributed by atoms with Crippen LogP contribution in [0.5, 0.6) is 0 Å². The van der Waals surface area contributed by atoms with Crippen LogP contribution in [0.25, 0.3) is 0 Å². The lowest BCUT2D eigenvalue weighted by molar-refractivity contribution is 0.232. The molecule has 2 heterocycles. The number of halogens is 1. The average molecular weight is 294 g/mol. The molecule has 0 amide bonds. The SMILES string of the molecule is FC1(C#Cc2ccccn2)CCN(CCc2ccccc2)C1. The van der Waals surface area contributed by atoms with Crippen LogP contribution in [0.15, 0.2) is 54.7 Å². The van der Waals surface area contributed by atoms with Gasteiger partial charge < -0.3 is 0 Å². The molecule has 1 atom stereocenters. The largest absolute Gasteiger partial charge is 0.299 e. The summed E-state index contributed by atoms with van der Waals surface area (Å²) in [6.45, 7) is 2.03. The van der Waals surface area contributed by atoms with Gasteiger partial charge in [0.15, 0.2) is 5.67 Å². The van der Waals surface area contributed by atoms with Crippen molar-refractivity contribution in [2.24, 2.45) is 0 Å². The second-order valence-electron chi connectivity index (χ2n) is 5.69. The quantitative estimate of drug-likeness (QED) is 0.809. The molecule has 0 spiro atoms. The van der Waals surface area contributed by atoms with Gasteiger partial charge in [-0.2, -0.15) is 0 Å². The van der Waals surface area contributed by atoms with E-state index in [0.29, 0.717) is 18.7 Å². The van der Waals surface area contributed by atoms with Crippen LogP contribution in [0, 0.1) is 11.8 Å². The highest BCUT2D eigenvalue weighted by atomic mass is 19.1. The van der Waals surface area contributed by atoms with Crippen molar-refractivity contribution in [1.29, 1.82) is 0 Å². The van der Waals surface area contributed by atoms with Crippen molar-refractivity contribution in [2.45, 2.75) is 18.5 Å². The Balaban J connectivity index is 1.56. The number of hydrogen-bond acceptors (Lipinski definition) is 2. The fourth-order valence-corrected chi connectivity index (χ4v) is 2.69. The zero-order valence-corrected chi connectivity index (χ0v) is 12.5. The van der Waals surface area contributed by atoms with E-state index in [0.717, 1.165) is 19.5 Å². The maximum Gasteiger partial charge on any atom is 0.185 e. The molecule has 0 radical (unpaired) electrons. The summed E-state index contributed by atoms with van der Waals surface area (Å²) in [5, 5.41) is 0. The number of pyridine rings is 1. The third-order valence-electron chi connectivity index (χ3n) is 3.94. The molecule has 0 aliphatic carbocycles. The van der Waals surface area contributed by atoms with Gasteiger partial charge in [-0.1, -0.05) is 42.3 Å². The third kappa shape index (κ3) is 3.93. The Hall–Kier alpha value is -2.18. The second-order valence-corrected chi connectivity index (χ2v) is 5.69. The first kappa shape index (κ1) is 14.7. The van der Waals surface area contributed by atoms with Crippen molar-refractivity contribution >= 4 is 0 Å². The van der Waals surface area contributed by atoms with Gasteiger partial charge in [0.2, 0.25) is 0 Å². The summed E-state index contributed by atoms with van der Waals surface area (Å²) >= 11 is 0. The molecule has 1 saturated heterocycles.